The van der Waals surface area contributed by atoms with Crippen LogP contribution in [0.2, 0.25) is 0 Å². The number of fused-ring (bicyclic) bond motifs is 2. The molecular formula is C28H30N2O8. The van der Waals surface area contributed by atoms with Crippen molar-refractivity contribution in [3.05, 3.63) is 71.7 Å². The quantitative estimate of drug-likeness (QED) is 0.331. The van der Waals surface area contributed by atoms with Crippen LogP contribution in [0.1, 0.15) is 35.0 Å². The van der Waals surface area contributed by atoms with E-state index in [1.165, 1.54) is 0 Å². The number of hydrogen-bond donors (Lipinski definition) is 0. The fourth-order valence-electron chi connectivity index (χ4n) is 4.31. The lowest BCUT2D eigenvalue weighted by Crippen LogP contribution is -2.43. The molecule has 5 rings (SSSR count). The van der Waals surface area contributed by atoms with Crippen molar-refractivity contribution in [2.75, 3.05) is 39.9 Å². The normalized spacial score (nSPS) is 13.0. The van der Waals surface area contributed by atoms with E-state index >= 15 is 0 Å². The minimum absolute atomic E-state index is 0.106. The van der Waals surface area contributed by atoms with Gasteiger partial charge in [0, 0.05) is 31.9 Å². The Hall–Kier alpha value is -4.18. The number of furan rings is 1. The first kappa shape index (κ1) is 25.5. The van der Waals surface area contributed by atoms with Gasteiger partial charge >= 0.3 is 0 Å². The molecule has 10 nitrogen and oxygen atoms in total. The van der Waals surface area contributed by atoms with E-state index in [0.29, 0.717) is 67.0 Å². The van der Waals surface area contributed by atoms with Crippen LogP contribution in [0.3, 0.4) is 0 Å². The van der Waals surface area contributed by atoms with Gasteiger partial charge in [0.05, 0.1) is 12.8 Å². The fourth-order valence-corrected chi connectivity index (χ4v) is 4.31. The van der Waals surface area contributed by atoms with Crippen molar-refractivity contribution in [3.63, 3.8) is 0 Å². The molecule has 0 aliphatic carbocycles. The molecule has 200 valence electrons. The molecule has 2 amide bonds. The zero-order valence-corrected chi connectivity index (χ0v) is 21.2. The summed E-state index contributed by atoms with van der Waals surface area (Å²) in [6.45, 7) is 4.10. The zero-order valence-electron chi connectivity index (χ0n) is 21.2. The van der Waals surface area contributed by atoms with E-state index in [4.69, 9.17) is 28.1 Å². The molecule has 0 bridgehead atoms. The second-order valence-electron chi connectivity index (χ2n) is 8.86. The molecule has 2 aliphatic heterocycles. The summed E-state index contributed by atoms with van der Waals surface area (Å²) in [7, 11) is 0. The molecule has 2 aliphatic rings. The fraction of sp³-hybridized carbons (Fsp3) is 0.357. The topological polar surface area (TPSA) is 99.9 Å². The molecule has 38 heavy (non-hydrogen) atoms. The molecule has 0 atom stereocenters. The molecule has 0 saturated carbocycles. The van der Waals surface area contributed by atoms with Crippen LogP contribution in [0.5, 0.6) is 23.0 Å². The summed E-state index contributed by atoms with van der Waals surface area (Å²) in [5.74, 6) is 2.58. The first-order valence-corrected chi connectivity index (χ1v) is 12.6. The van der Waals surface area contributed by atoms with Gasteiger partial charge in [0.2, 0.25) is 19.5 Å². The van der Waals surface area contributed by atoms with Crippen LogP contribution in [0, 0.1) is 0 Å². The number of rotatable bonds is 12. The molecule has 0 fully saturated rings. The van der Waals surface area contributed by atoms with Gasteiger partial charge in [-0.05, 0) is 61.4 Å². The Kier molecular flexibility index (Phi) is 7.98. The van der Waals surface area contributed by atoms with Crippen molar-refractivity contribution in [1.82, 2.24) is 9.80 Å². The van der Waals surface area contributed by atoms with Crippen LogP contribution in [0.25, 0.3) is 0 Å². The molecule has 0 unspecified atom stereocenters. The summed E-state index contributed by atoms with van der Waals surface area (Å²) in [4.78, 5) is 30.4. The largest absolute Gasteiger partial charge is 0.467 e. The van der Waals surface area contributed by atoms with Crippen LogP contribution in [0.15, 0.2) is 59.2 Å². The van der Waals surface area contributed by atoms with E-state index in [-0.39, 0.29) is 38.5 Å². The molecule has 0 N–H and O–H groups in total. The van der Waals surface area contributed by atoms with Crippen molar-refractivity contribution in [3.8, 4) is 23.0 Å². The van der Waals surface area contributed by atoms with Gasteiger partial charge in [-0.3, -0.25) is 9.59 Å². The summed E-state index contributed by atoms with van der Waals surface area (Å²) in [5, 5.41) is 0. The van der Waals surface area contributed by atoms with Crippen LogP contribution >= 0.6 is 0 Å². The van der Waals surface area contributed by atoms with Gasteiger partial charge in [-0.1, -0.05) is 6.07 Å². The standard InChI is InChI=1S/C28H30N2O8/c1-2-33-11-4-10-29(28(32)21-7-9-24-26(14-21)38-19-36-24)17-27(31)30(16-22-5-3-12-34-22)15-20-6-8-23-25(13-20)37-18-35-23/h3,5-9,12-14H,2,4,10-11,15-19H2,1H3. The number of carbonyl (C=O) groups excluding carboxylic acids is 2. The van der Waals surface area contributed by atoms with Crippen LogP contribution in [-0.4, -0.2) is 61.5 Å². The van der Waals surface area contributed by atoms with Crippen molar-refractivity contribution in [1.29, 1.82) is 0 Å². The lowest BCUT2D eigenvalue weighted by atomic mass is 10.1. The van der Waals surface area contributed by atoms with Gasteiger partial charge in [0.15, 0.2) is 23.0 Å². The predicted molar refractivity (Wildman–Crippen MR) is 135 cm³/mol. The Bertz CT molecular complexity index is 1260. The first-order valence-electron chi connectivity index (χ1n) is 12.6. The van der Waals surface area contributed by atoms with E-state index in [2.05, 4.69) is 0 Å². The van der Waals surface area contributed by atoms with E-state index in [9.17, 15) is 9.59 Å². The van der Waals surface area contributed by atoms with Crippen molar-refractivity contribution in [2.24, 2.45) is 0 Å². The Morgan fingerprint density at radius 2 is 1.61 bits per heavy atom. The summed E-state index contributed by atoms with van der Waals surface area (Å²) in [6, 6.07) is 14.2. The molecule has 0 spiro atoms. The average molecular weight is 523 g/mol. The lowest BCUT2D eigenvalue weighted by Gasteiger charge is -2.27. The predicted octanol–water partition coefficient (Wildman–Crippen LogP) is 3.83. The smallest absolute Gasteiger partial charge is 0.254 e. The first-order chi connectivity index (χ1) is 18.6. The third kappa shape index (κ3) is 6.03. The Balaban J connectivity index is 1.34. The van der Waals surface area contributed by atoms with Gasteiger partial charge in [0.25, 0.3) is 5.91 Å². The maximum absolute atomic E-state index is 13.7. The van der Waals surface area contributed by atoms with Gasteiger partial charge in [-0.25, -0.2) is 0 Å². The Morgan fingerprint density at radius 1 is 0.868 bits per heavy atom. The van der Waals surface area contributed by atoms with Crippen molar-refractivity contribution >= 4 is 11.8 Å². The minimum atomic E-state index is -0.269. The maximum Gasteiger partial charge on any atom is 0.254 e. The highest BCUT2D eigenvalue weighted by molar-refractivity contribution is 5.97. The van der Waals surface area contributed by atoms with Gasteiger partial charge < -0.3 is 37.9 Å². The second kappa shape index (κ2) is 11.9. The summed E-state index contributed by atoms with van der Waals surface area (Å²) >= 11 is 0. The monoisotopic (exact) mass is 522 g/mol. The molecule has 0 saturated heterocycles. The number of carbonyl (C=O) groups is 2. The lowest BCUT2D eigenvalue weighted by molar-refractivity contribution is -0.133. The number of hydrogen-bond acceptors (Lipinski definition) is 8. The third-order valence-corrected chi connectivity index (χ3v) is 6.24. The van der Waals surface area contributed by atoms with Crippen LogP contribution in [0.4, 0.5) is 0 Å². The molecule has 0 radical (unpaired) electrons. The van der Waals surface area contributed by atoms with Crippen molar-refractivity contribution in [2.45, 2.75) is 26.4 Å². The molecule has 3 heterocycles. The van der Waals surface area contributed by atoms with Crippen LogP contribution in [-0.2, 0) is 22.6 Å². The highest BCUT2D eigenvalue weighted by atomic mass is 16.7. The average Bonchev–Trinajstić information content (AvgIpc) is 3.71. The second-order valence-corrected chi connectivity index (χ2v) is 8.86. The molecule has 10 heteroatoms. The Morgan fingerprint density at radius 3 is 2.34 bits per heavy atom. The summed E-state index contributed by atoms with van der Waals surface area (Å²) in [5.41, 5.74) is 1.30. The molecular weight excluding hydrogens is 492 g/mol. The number of ether oxygens (including phenoxy) is 5. The van der Waals surface area contributed by atoms with E-state index in [0.717, 1.165) is 5.56 Å². The van der Waals surface area contributed by atoms with Gasteiger partial charge in [-0.2, -0.15) is 0 Å². The minimum Gasteiger partial charge on any atom is -0.467 e. The molecule has 1 aromatic heterocycles. The molecule has 3 aromatic rings. The van der Waals surface area contributed by atoms with E-state index in [1.807, 2.05) is 31.2 Å². The number of amides is 2. The van der Waals surface area contributed by atoms with Crippen molar-refractivity contribution < 1.29 is 37.7 Å². The number of nitrogens with zero attached hydrogens (tertiary/aromatic N) is 2. The zero-order chi connectivity index (χ0) is 26.3. The Labute approximate surface area is 220 Å². The van der Waals surface area contributed by atoms with Gasteiger partial charge in [0.1, 0.15) is 12.3 Å². The molecule has 2 aromatic carbocycles. The summed E-state index contributed by atoms with van der Waals surface area (Å²) < 4.78 is 32.7. The summed E-state index contributed by atoms with van der Waals surface area (Å²) in [6.07, 6.45) is 2.17. The third-order valence-electron chi connectivity index (χ3n) is 6.24. The maximum atomic E-state index is 13.7. The number of benzene rings is 2. The van der Waals surface area contributed by atoms with Gasteiger partial charge in [-0.15, -0.1) is 0 Å². The highest BCUT2D eigenvalue weighted by Gasteiger charge is 2.25. The van der Waals surface area contributed by atoms with Crippen LogP contribution < -0.4 is 18.9 Å². The highest BCUT2D eigenvalue weighted by Crippen LogP contribution is 2.34. The SMILES string of the molecule is CCOCCCN(CC(=O)N(Cc1ccc2c(c1)OCO2)Cc1ccco1)C(=O)c1ccc2c(c1)OCO2. The van der Waals surface area contributed by atoms with E-state index < -0.39 is 0 Å². The van der Waals surface area contributed by atoms with E-state index in [1.54, 1.807) is 40.3 Å².